The number of carbonyl (C=O) groups excluding carboxylic acids is 1. The first-order valence-electron chi connectivity index (χ1n) is 9.75. The summed E-state index contributed by atoms with van der Waals surface area (Å²) in [7, 11) is 0. The molecule has 29 heavy (non-hydrogen) atoms. The molecule has 3 aromatic rings. The molecule has 1 fully saturated rings. The van der Waals surface area contributed by atoms with E-state index in [1.54, 1.807) is 29.5 Å². The maximum Gasteiger partial charge on any atom is 0.287 e. The molecule has 1 N–H and O–H groups in total. The van der Waals surface area contributed by atoms with Gasteiger partial charge in [0.1, 0.15) is 5.82 Å². The van der Waals surface area contributed by atoms with Crippen LogP contribution in [0, 0.1) is 5.82 Å². The Morgan fingerprint density at radius 1 is 1.10 bits per heavy atom. The molecule has 2 atom stereocenters. The number of nitrogens with zero attached hydrogens (tertiary/aromatic N) is 2. The lowest BCUT2D eigenvalue weighted by Crippen LogP contribution is -2.52. The number of furan rings is 1. The molecule has 1 aliphatic rings. The summed E-state index contributed by atoms with van der Waals surface area (Å²) in [6.45, 7) is 5.08. The van der Waals surface area contributed by atoms with Gasteiger partial charge in [0.15, 0.2) is 5.76 Å². The van der Waals surface area contributed by atoms with Gasteiger partial charge >= 0.3 is 0 Å². The summed E-state index contributed by atoms with van der Waals surface area (Å²) in [5.41, 5.74) is 0.652. The largest absolute Gasteiger partial charge is 0.459 e. The summed E-state index contributed by atoms with van der Waals surface area (Å²) in [5.74, 6) is -0.0879. The highest BCUT2D eigenvalue weighted by Gasteiger charge is 2.31. The number of halogens is 1. The van der Waals surface area contributed by atoms with Gasteiger partial charge in [-0.25, -0.2) is 4.39 Å². The normalized spacial score (nSPS) is 17.1. The van der Waals surface area contributed by atoms with Crippen molar-refractivity contribution in [3.05, 3.63) is 76.6 Å². The molecule has 1 amide bonds. The standard InChI is InChI=1S/C22H24FN3O2S/c1-16(24-22(27)19-8-4-14-28-19)21(20-9-5-15-29-20)26-12-10-25(11-13-26)18-7-3-2-6-17(18)23/h2-9,14-16,21H,10-13H2,1H3,(H,24,27)/t16-,21+/m0/s1. The Hall–Kier alpha value is -2.64. The molecule has 2 aromatic heterocycles. The number of thiophene rings is 1. The Labute approximate surface area is 173 Å². The number of amides is 1. The fourth-order valence-corrected chi connectivity index (χ4v) is 4.88. The van der Waals surface area contributed by atoms with E-state index < -0.39 is 0 Å². The van der Waals surface area contributed by atoms with Crippen LogP contribution in [0.25, 0.3) is 0 Å². The van der Waals surface area contributed by atoms with Crippen LogP contribution in [0.3, 0.4) is 0 Å². The van der Waals surface area contributed by atoms with E-state index in [1.165, 1.54) is 17.2 Å². The maximum atomic E-state index is 14.1. The second kappa shape index (κ2) is 8.80. The average Bonchev–Trinajstić information content (AvgIpc) is 3.44. The SMILES string of the molecule is C[C@H](NC(=O)c1ccco1)[C@H](c1cccs1)N1CCN(c2ccccc2F)CC1. The third kappa shape index (κ3) is 4.36. The van der Waals surface area contributed by atoms with Crippen molar-refractivity contribution in [2.45, 2.75) is 19.0 Å². The number of hydrogen-bond donors (Lipinski definition) is 1. The molecule has 0 unspecified atom stereocenters. The summed E-state index contributed by atoms with van der Waals surface area (Å²) < 4.78 is 19.4. The number of piperazine rings is 1. The van der Waals surface area contributed by atoms with Gasteiger partial charge in [0.25, 0.3) is 5.91 Å². The molecule has 0 saturated carbocycles. The number of para-hydroxylation sites is 1. The fourth-order valence-electron chi connectivity index (χ4n) is 3.92. The monoisotopic (exact) mass is 413 g/mol. The van der Waals surface area contributed by atoms with Gasteiger partial charge in [-0.05, 0) is 42.6 Å². The van der Waals surface area contributed by atoms with Gasteiger partial charge in [0.2, 0.25) is 0 Å². The first kappa shape index (κ1) is 19.7. The van der Waals surface area contributed by atoms with E-state index in [0.29, 0.717) is 11.4 Å². The molecule has 0 bridgehead atoms. The van der Waals surface area contributed by atoms with Crippen LogP contribution in [0.5, 0.6) is 0 Å². The Bertz CT molecular complexity index is 921. The molecule has 1 aliphatic heterocycles. The van der Waals surface area contributed by atoms with Gasteiger partial charge in [0, 0.05) is 37.1 Å². The molecule has 0 aliphatic carbocycles. The van der Waals surface area contributed by atoms with Crippen LogP contribution in [0.1, 0.15) is 28.4 Å². The van der Waals surface area contributed by atoms with Crippen LogP contribution in [-0.4, -0.2) is 43.0 Å². The van der Waals surface area contributed by atoms with Gasteiger partial charge < -0.3 is 14.6 Å². The second-order valence-corrected chi connectivity index (χ2v) is 8.15. The zero-order valence-corrected chi connectivity index (χ0v) is 17.1. The lowest BCUT2D eigenvalue weighted by atomic mass is 10.0. The average molecular weight is 414 g/mol. The van der Waals surface area contributed by atoms with E-state index in [4.69, 9.17) is 4.42 Å². The maximum absolute atomic E-state index is 14.1. The van der Waals surface area contributed by atoms with Gasteiger partial charge in [-0.15, -0.1) is 11.3 Å². The minimum Gasteiger partial charge on any atom is -0.459 e. The summed E-state index contributed by atoms with van der Waals surface area (Å²) in [6, 6.07) is 14.4. The summed E-state index contributed by atoms with van der Waals surface area (Å²) in [4.78, 5) is 18.1. The van der Waals surface area contributed by atoms with Crippen LogP contribution in [-0.2, 0) is 0 Å². The highest BCUT2D eigenvalue weighted by Crippen LogP contribution is 2.30. The summed E-state index contributed by atoms with van der Waals surface area (Å²) in [6.07, 6.45) is 1.50. The van der Waals surface area contributed by atoms with Crippen molar-refractivity contribution in [1.29, 1.82) is 0 Å². The third-order valence-corrected chi connectivity index (χ3v) is 6.26. The van der Waals surface area contributed by atoms with Gasteiger partial charge in [-0.3, -0.25) is 9.69 Å². The van der Waals surface area contributed by atoms with Crippen molar-refractivity contribution in [3.8, 4) is 0 Å². The predicted molar refractivity (Wildman–Crippen MR) is 113 cm³/mol. The van der Waals surface area contributed by atoms with Crippen molar-refractivity contribution in [2.75, 3.05) is 31.1 Å². The van der Waals surface area contributed by atoms with Crippen LogP contribution in [0.15, 0.2) is 64.6 Å². The highest BCUT2D eigenvalue weighted by molar-refractivity contribution is 7.10. The Morgan fingerprint density at radius 3 is 2.55 bits per heavy atom. The van der Waals surface area contributed by atoms with Gasteiger partial charge in [0.05, 0.1) is 18.0 Å². The van der Waals surface area contributed by atoms with E-state index in [0.717, 1.165) is 26.2 Å². The van der Waals surface area contributed by atoms with Gasteiger partial charge in [-0.2, -0.15) is 0 Å². The number of benzene rings is 1. The summed E-state index contributed by atoms with van der Waals surface area (Å²) in [5, 5.41) is 5.13. The molecule has 3 heterocycles. The molecule has 1 aromatic carbocycles. The predicted octanol–water partition coefficient (Wildman–Crippen LogP) is 4.16. The molecular formula is C22H24FN3O2S. The molecule has 0 radical (unpaired) electrons. The zero-order chi connectivity index (χ0) is 20.2. The number of anilines is 1. The van der Waals surface area contributed by atoms with Crippen molar-refractivity contribution in [1.82, 2.24) is 10.2 Å². The van der Waals surface area contributed by atoms with Crippen molar-refractivity contribution in [2.24, 2.45) is 0 Å². The lowest BCUT2D eigenvalue weighted by Gasteiger charge is -2.42. The van der Waals surface area contributed by atoms with Crippen molar-refractivity contribution >= 4 is 22.9 Å². The van der Waals surface area contributed by atoms with E-state index >= 15 is 0 Å². The summed E-state index contributed by atoms with van der Waals surface area (Å²) >= 11 is 1.69. The first-order valence-corrected chi connectivity index (χ1v) is 10.6. The van der Waals surface area contributed by atoms with E-state index in [2.05, 4.69) is 26.6 Å². The van der Waals surface area contributed by atoms with Crippen LogP contribution < -0.4 is 10.2 Å². The van der Waals surface area contributed by atoms with Crippen LogP contribution in [0.2, 0.25) is 0 Å². The fraction of sp³-hybridized carbons (Fsp3) is 0.318. The van der Waals surface area contributed by atoms with E-state index in [1.807, 2.05) is 25.1 Å². The Balaban J connectivity index is 1.47. The van der Waals surface area contributed by atoms with Crippen molar-refractivity contribution in [3.63, 3.8) is 0 Å². The van der Waals surface area contributed by atoms with Gasteiger partial charge in [-0.1, -0.05) is 18.2 Å². The zero-order valence-electron chi connectivity index (χ0n) is 16.3. The Kier molecular flexibility index (Phi) is 5.97. The highest BCUT2D eigenvalue weighted by atomic mass is 32.1. The van der Waals surface area contributed by atoms with E-state index in [-0.39, 0.29) is 23.8 Å². The molecule has 0 spiro atoms. The minimum atomic E-state index is -0.214. The smallest absolute Gasteiger partial charge is 0.287 e. The van der Waals surface area contributed by atoms with Crippen LogP contribution >= 0.6 is 11.3 Å². The molecular weight excluding hydrogens is 389 g/mol. The van der Waals surface area contributed by atoms with Crippen molar-refractivity contribution < 1.29 is 13.6 Å². The topological polar surface area (TPSA) is 48.7 Å². The number of hydrogen-bond acceptors (Lipinski definition) is 5. The Morgan fingerprint density at radius 2 is 1.90 bits per heavy atom. The minimum absolute atomic E-state index is 0.0525. The van der Waals surface area contributed by atoms with Crippen LogP contribution in [0.4, 0.5) is 10.1 Å². The van der Waals surface area contributed by atoms with E-state index in [9.17, 15) is 9.18 Å². The molecule has 7 heteroatoms. The number of carbonyl (C=O) groups is 1. The molecule has 1 saturated heterocycles. The molecule has 5 nitrogen and oxygen atoms in total. The second-order valence-electron chi connectivity index (χ2n) is 7.17. The number of rotatable bonds is 6. The lowest BCUT2D eigenvalue weighted by molar-refractivity contribution is 0.0863. The third-order valence-electron chi connectivity index (χ3n) is 5.31. The quantitative estimate of drug-likeness (QED) is 0.659. The first-order chi connectivity index (χ1) is 14.1. The number of nitrogens with one attached hydrogen (secondary N) is 1. The molecule has 152 valence electrons. The molecule has 4 rings (SSSR count).